The summed E-state index contributed by atoms with van der Waals surface area (Å²) in [4.78, 5) is 16.8. The van der Waals surface area contributed by atoms with Gasteiger partial charge in [0.25, 0.3) is 5.91 Å². The van der Waals surface area contributed by atoms with Gasteiger partial charge in [0.15, 0.2) is 9.92 Å². The second-order valence-corrected chi connectivity index (χ2v) is 11.7. The molecule has 0 radical (unpaired) electrons. The molecule has 1 aromatic heterocycles. The molecule has 0 saturated heterocycles. The van der Waals surface area contributed by atoms with Crippen molar-refractivity contribution in [2.24, 2.45) is 27.3 Å². The molecule has 3 atom stereocenters. The first-order chi connectivity index (χ1) is 14.2. The summed E-state index contributed by atoms with van der Waals surface area (Å²) in [5.41, 5.74) is 0.367. The van der Waals surface area contributed by atoms with E-state index in [1.54, 1.807) is 6.08 Å². The van der Waals surface area contributed by atoms with Gasteiger partial charge in [0.2, 0.25) is 0 Å². The molecule has 1 amide bonds. The van der Waals surface area contributed by atoms with Crippen molar-refractivity contribution < 1.29 is 18.5 Å². The lowest BCUT2D eigenvalue weighted by Crippen LogP contribution is -2.27. The van der Waals surface area contributed by atoms with Crippen LogP contribution in [0.4, 0.5) is 4.39 Å². The van der Waals surface area contributed by atoms with Gasteiger partial charge >= 0.3 is 0 Å². The van der Waals surface area contributed by atoms with Crippen molar-refractivity contribution in [2.75, 3.05) is 0 Å². The standard InChI is InChI=1S/C21H29FN4O3S2/c1-11(2)14-7-13(9-23)19(22)18(12(3)4)15(14)8-16(27)26-31(24,29)17-10-25-20(30-17)21(5,6)28/h7,10-13,19,28H,8H2,1-6H3,(H2,24,26,27,29). The molecular weight excluding hydrogens is 439 g/mol. The van der Waals surface area contributed by atoms with E-state index in [-0.39, 0.29) is 22.5 Å². The molecule has 0 aromatic carbocycles. The quantitative estimate of drug-likeness (QED) is 0.651. The van der Waals surface area contributed by atoms with E-state index in [2.05, 4.69) is 9.35 Å². The number of carbonyl (C=O) groups is 1. The lowest BCUT2D eigenvalue weighted by atomic mass is 9.75. The molecule has 1 aliphatic rings. The molecule has 3 unspecified atom stereocenters. The Morgan fingerprint density at radius 3 is 2.48 bits per heavy atom. The molecule has 1 aliphatic carbocycles. The molecule has 0 fully saturated rings. The van der Waals surface area contributed by atoms with E-state index in [1.165, 1.54) is 20.0 Å². The molecule has 1 aromatic rings. The van der Waals surface area contributed by atoms with Crippen LogP contribution in [0.15, 0.2) is 37.6 Å². The van der Waals surface area contributed by atoms with Crippen LogP contribution in [-0.2, 0) is 20.3 Å². The first-order valence-electron chi connectivity index (χ1n) is 9.94. The molecule has 3 N–H and O–H groups in total. The van der Waals surface area contributed by atoms with E-state index in [1.807, 2.05) is 33.8 Å². The van der Waals surface area contributed by atoms with Gasteiger partial charge in [-0.05, 0) is 42.4 Å². The maximum absolute atomic E-state index is 15.0. The summed E-state index contributed by atoms with van der Waals surface area (Å²) in [6, 6.07) is 1.99. The van der Waals surface area contributed by atoms with E-state index in [4.69, 9.17) is 5.14 Å². The number of aromatic nitrogens is 1. The lowest BCUT2D eigenvalue weighted by molar-refractivity contribution is -0.117. The summed E-state index contributed by atoms with van der Waals surface area (Å²) >= 11 is 0.922. The van der Waals surface area contributed by atoms with Crippen molar-refractivity contribution in [3.8, 4) is 6.07 Å². The van der Waals surface area contributed by atoms with Crippen LogP contribution in [0.5, 0.6) is 0 Å². The normalized spacial score (nSPS) is 21.7. The fourth-order valence-electron chi connectivity index (χ4n) is 3.48. The molecule has 2 rings (SSSR count). The van der Waals surface area contributed by atoms with Crippen LogP contribution in [0.3, 0.4) is 0 Å². The topological polar surface area (TPSA) is 129 Å². The van der Waals surface area contributed by atoms with Crippen molar-refractivity contribution in [2.45, 2.75) is 63.9 Å². The number of thiazole rings is 1. The lowest BCUT2D eigenvalue weighted by Gasteiger charge is -2.31. The van der Waals surface area contributed by atoms with Crippen molar-refractivity contribution >= 4 is 27.2 Å². The molecule has 0 bridgehead atoms. The van der Waals surface area contributed by atoms with Gasteiger partial charge in [0.1, 0.15) is 26.9 Å². The summed E-state index contributed by atoms with van der Waals surface area (Å²) < 4.78 is 31.7. The predicted molar refractivity (Wildman–Crippen MR) is 119 cm³/mol. The Morgan fingerprint density at radius 1 is 1.42 bits per heavy atom. The molecule has 10 heteroatoms. The average Bonchev–Trinajstić information content (AvgIpc) is 3.12. The van der Waals surface area contributed by atoms with Crippen molar-refractivity contribution in [3.05, 3.63) is 34.0 Å². The maximum Gasteiger partial charge on any atom is 0.259 e. The van der Waals surface area contributed by atoms with Gasteiger partial charge in [0, 0.05) is 0 Å². The molecule has 0 spiro atoms. The zero-order valence-corrected chi connectivity index (χ0v) is 20.2. The van der Waals surface area contributed by atoms with Crippen molar-refractivity contribution in [1.29, 1.82) is 5.26 Å². The second kappa shape index (κ2) is 9.28. The summed E-state index contributed by atoms with van der Waals surface area (Å²) in [5.74, 6) is -1.93. The third kappa shape index (κ3) is 5.66. The van der Waals surface area contributed by atoms with Crippen LogP contribution in [0.2, 0.25) is 0 Å². The Kier molecular flexibility index (Phi) is 7.59. The fourth-order valence-corrected chi connectivity index (χ4v) is 5.61. The molecule has 0 saturated carbocycles. The van der Waals surface area contributed by atoms with Crippen molar-refractivity contribution in [1.82, 2.24) is 4.98 Å². The largest absolute Gasteiger partial charge is 0.383 e. The summed E-state index contributed by atoms with van der Waals surface area (Å²) in [6.45, 7) is 10.5. The minimum absolute atomic E-state index is 0.0435. The van der Waals surface area contributed by atoms with E-state index >= 15 is 4.39 Å². The number of hydrogen-bond acceptors (Lipinski definition) is 6. The number of rotatable bonds is 6. The number of halogens is 1. The van der Waals surface area contributed by atoms with E-state index in [0.717, 1.165) is 16.9 Å². The van der Waals surface area contributed by atoms with E-state index in [0.29, 0.717) is 16.2 Å². The van der Waals surface area contributed by atoms with E-state index < -0.39 is 33.5 Å². The monoisotopic (exact) mass is 468 g/mol. The SMILES string of the molecule is CC(C)C1=CC(C#N)C(F)C(C(C)C)=C1CC(=O)N=S(N)(=O)c1cnc(C(C)(C)O)s1. The number of alkyl halides is 1. The van der Waals surface area contributed by atoms with Crippen LogP contribution in [-0.4, -0.2) is 26.4 Å². The maximum atomic E-state index is 15.0. The molecule has 31 heavy (non-hydrogen) atoms. The summed E-state index contributed by atoms with van der Waals surface area (Å²) in [5, 5.41) is 25.5. The van der Waals surface area contributed by atoms with Crippen molar-refractivity contribution in [3.63, 3.8) is 0 Å². The summed E-state index contributed by atoms with van der Waals surface area (Å²) in [7, 11) is -3.57. The zero-order valence-electron chi connectivity index (χ0n) is 18.5. The number of carbonyl (C=O) groups excluding carboxylic acids is 1. The van der Waals surface area contributed by atoms with Gasteiger partial charge in [0.05, 0.1) is 18.7 Å². The highest BCUT2D eigenvalue weighted by Crippen LogP contribution is 2.40. The number of allylic oxidation sites excluding steroid dienone is 3. The van der Waals surface area contributed by atoms with Gasteiger partial charge in [-0.1, -0.05) is 33.8 Å². The third-order valence-corrected chi connectivity index (χ3v) is 8.15. The highest BCUT2D eigenvalue weighted by atomic mass is 32.2. The minimum atomic E-state index is -3.57. The second-order valence-electron chi connectivity index (χ2n) is 8.70. The Hall–Kier alpha value is -1.93. The first kappa shape index (κ1) is 25.3. The van der Waals surface area contributed by atoms with Gasteiger partial charge in [-0.15, -0.1) is 15.7 Å². The van der Waals surface area contributed by atoms with Gasteiger partial charge in [-0.25, -0.2) is 18.7 Å². The minimum Gasteiger partial charge on any atom is -0.383 e. The number of amides is 1. The molecule has 0 aliphatic heterocycles. The smallest absolute Gasteiger partial charge is 0.259 e. The van der Waals surface area contributed by atoms with Crippen LogP contribution in [0.25, 0.3) is 0 Å². The van der Waals surface area contributed by atoms with Gasteiger partial charge in [-0.3, -0.25) is 4.79 Å². The zero-order chi connectivity index (χ0) is 23.7. The average molecular weight is 469 g/mol. The van der Waals surface area contributed by atoms with Crippen LogP contribution in [0, 0.1) is 29.1 Å². The number of hydrogen-bond donors (Lipinski definition) is 2. The van der Waals surface area contributed by atoms with Crippen LogP contribution < -0.4 is 5.14 Å². The molecular formula is C21H29FN4O3S2. The number of nitrogens with two attached hydrogens (primary N) is 1. The highest BCUT2D eigenvalue weighted by molar-refractivity contribution is 7.93. The number of nitrogens with zero attached hydrogens (tertiary/aromatic N) is 3. The van der Waals surface area contributed by atoms with Gasteiger partial charge < -0.3 is 5.11 Å². The number of nitriles is 1. The molecule has 7 nitrogen and oxygen atoms in total. The van der Waals surface area contributed by atoms with Crippen LogP contribution in [0.1, 0.15) is 53.0 Å². The van der Waals surface area contributed by atoms with Crippen LogP contribution >= 0.6 is 11.3 Å². The van der Waals surface area contributed by atoms with E-state index in [9.17, 15) is 19.4 Å². The Bertz CT molecular complexity index is 1080. The molecule has 170 valence electrons. The first-order valence-corrected chi connectivity index (χ1v) is 12.3. The third-order valence-electron chi connectivity index (χ3n) is 4.92. The Labute approximate surface area is 187 Å². The summed E-state index contributed by atoms with van der Waals surface area (Å²) in [6.07, 6.45) is 1.03. The highest BCUT2D eigenvalue weighted by Gasteiger charge is 2.35. The predicted octanol–water partition coefficient (Wildman–Crippen LogP) is 4.01. The number of aliphatic hydroxyl groups is 1. The van der Waals surface area contributed by atoms with Gasteiger partial charge in [-0.2, -0.15) is 5.26 Å². The molecule has 1 heterocycles. The fraction of sp³-hybridized carbons (Fsp3) is 0.571. The Morgan fingerprint density at radius 2 is 2.03 bits per heavy atom. The Balaban J connectivity index is 2.47.